The molecule has 98 valence electrons. The second kappa shape index (κ2) is 6.70. The average molecular weight is 249 g/mol. The lowest BCUT2D eigenvalue weighted by atomic mass is 10.2. The molecule has 1 rings (SSSR count). The van der Waals surface area contributed by atoms with E-state index in [1.807, 2.05) is 7.05 Å². The smallest absolute Gasteiger partial charge is 0.267 e. The maximum absolute atomic E-state index is 11.5. The highest BCUT2D eigenvalue weighted by Crippen LogP contribution is 2.19. The number of hydrogen-bond donors (Lipinski definition) is 2. The zero-order valence-corrected chi connectivity index (χ0v) is 10.9. The summed E-state index contributed by atoms with van der Waals surface area (Å²) in [7, 11) is 1.85. The van der Waals surface area contributed by atoms with Gasteiger partial charge in [-0.25, -0.2) is 5.84 Å². The van der Waals surface area contributed by atoms with Gasteiger partial charge in [-0.2, -0.15) is 0 Å². The highest BCUT2D eigenvalue weighted by molar-refractivity contribution is 5.98. The molecular formula is C12H19N5O. The van der Waals surface area contributed by atoms with Crippen molar-refractivity contribution in [2.45, 2.75) is 26.3 Å². The molecule has 0 fully saturated rings. The van der Waals surface area contributed by atoms with Crippen LogP contribution in [0.25, 0.3) is 0 Å². The number of benzene rings is 1. The first-order chi connectivity index (χ1) is 8.60. The molecule has 0 aliphatic carbocycles. The van der Waals surface area contributed by atoms with Gasteiger partial charge < -0.3 is 0 Å². The van der Waals surface area contributed by atoms with Crippen LogP contribution in [-0.4, -0.2) is 24.0 Å². The summed E-state index contributed by atoms with van der Waals surface area (Å²) in [6.45, 7) is 4.13. The first kappa shape index (κ1) is 14.1. The molecule has 0 heterocycles. The van der Waals surface area contributed by atoms with Crippen molar-refractivity contribution in [2.75, 3.05) is 7.05 Å². The van der Waals surface area contributed by atoms with E-state index in [1.165, 1.54) is 0 Å². The zero-order chi connectivity index (χ0) is 13.5. The number of carbonyl (C=O) groups is 1. The third-order valence-electron chi connectivity index (χ3n) is 2.80. The minimum atomic E-state index is -0.379. The Hall–Kier alpha value is -1.95. The molecule has 0 aromatic heterocycles. The first-order valence-electron chi connectivity index (χ1n) is 5.84. The standard InChI is InChI=1S/C12H19N5O/c1-4-9(2)17(3)16-15-11-8-6-5-7-10(11)12(18)14-13/h5-9H,4,13H2,1-3H3,(H,14,18). The largest absolute Gasteiger partial charge is 0.290 e. The number of nitrogens with one attached hydrogen (secondary N) is 1. The lowest BCUT2D eigenvalue weighted by molar-refractivity contribution is 0.0954. The number of amides is 1. The highest BCUT2D eigenvalue weighted by atomic mass is 16.2. The Balaban J connectivity index is 2.90. The van der Waals surface area contributed by atoms with E-state index in [1.54, 1.807) is 29.3 Å². The molecule has 0 aliphatic rings. The van der Waals surface area contributed by atoms with E-state index in [-0.39, 0.29) is 5.91 Å². The van der Waals surface area contributed by atoms with E-state index in [9.17, 15) is 4.79 Å². The minimum absolute atomic E-state index is 0.296. The van der Waals surface area contributed by atoms with Gasteiger partial charge in [0.1, 0.15) is 5.69 Å². The highest BCUT2D eigenvalue weighted by Gasteiger charge is 2.09. The summed E-state index contributed by atoms with van der Waals surface area (Å²) in [6, 6.07) is 7.22. The fourth-order valence-electron chi connectivity index (χ4n) is 1.30. The number of hydrazine groups is 1. The van der Waals surface area contributed by atoms with Crippen LogP contribution in [0.1, 0.15) is 30.6 Å². The maximum atomic E-state index is 11.5. The number of nitrogens with zero attached hydrogens (tertiary/aromatic N) is 3. The molecule has 0 saturated heterocycles. The van der Waals surface area contributed by atoms with Crippen molar-refractivity contribution in [1.29, 1.82) is 0 Å². The summed E-state index contributed by atoms with van der Waals surface area (Å²) in [5.74, 6) is 4.74. The normalized spacial score (nSPS) is 12.4. The fraction of sp³-hybridized carbons (Fsp3) is 0.417. The molecule has 1 aromatic rings. The maximum Gasteiger partial charge on any atom is 0.267 e. The molecule has 0 aliphatic heterocycles. The predicted molar refractivity (Wildman–Crippen MR) is 70.1 cm³/mol. The molecule has 1 aromatic carbocycles. The second-order valence-corrected chi connectivity index (χ2v) is 4.01. The van der Waals surface area contributed by atoms with Crippen LogP contribution in [0.3, 0.4) is 0 Å². The molecule has 18 heavy (non-hydrogen) atoms. The van der Waals surface area contributed by atoms with Crippen LogP contribution in [0.5, 0.6) is 0 Å². The Kier molecular flexibility index (Phi) is 5.26. The van der Waals surface area contributed by atoms with Crippen molar-refractivity contribution in [2.24, 2.45) is 16.2 Å². The number of nitrogen functional groups attached to an aromatic ring is 1. The van der Waals surface area contributed by atoms with Crippen molar-refractivity contribution in [3.8, 4) is 0 Å². The molecule has 0 spiro atoms. The van der Waals surface area contributed by atoms with Crippen LogP contribution in [0.15, 0.2) is 34.6 Å². The van der Waals surface area contributed by atoms with E-state index in [2.05, 4.69) is 29.6 Å². The van der Waals surface area contributed by atoms with Gasteiger partial charge in [-0.15, -0.1) is 5.11 Å². The van der Waals surface area contributed by atoms with E-state index in [0.717, 1.165) is 6.42 Å². The van der Waals surface area contributed by atoms with E-state index < -0.39 is 0 Å². The molecule has 0 radical (unpaired) electrons. The molecule has 1 amide bonds. The van der Waals surface area contributed by atoms with Gasteiger partial charge in [0, 0.05) is 13.1 Å². The van der Waals surface area contributed by atoms with Crippen molar-refractivity contribution >= 4 is 11.6 Å². The summed E-state index contributed by atoms with van der Waals surface area (Å²) in [5.41, 5.74) is 2.99. The SMILES string of the molecule is CCC(C)N(C)N=Nc1ccccc1C(=O)NN. The lowest BCUT2D eigenvalue weighted by Crippen LogP contribution is -2.30. The van der Waals surface area contributed by atoms with Gasteiger partial charge >= 0.3 is 0 Å². The van der Waals surface area contributed by atoms with E-state index in [4.69, 9.17) is 5.84 Å². The summed E-state index contributed by atoms with van der Waals surface area (Å²) in [4.78, 5) is 11.5. The number of hydrogen-bond acceptors (Lipinski definition) is 4. The van der Waals surface area contributed by atoms with Gasteiger partial charge in [-0.05, 0) is 25.5 Å². The second-order valence-electron chi connectivity index (χ2n) is 4.01. The molecule has 1 atom stereocenters. The third-order valence-corrected chi connectivity index (χ3v) is 2.80. The summed E-state index contributed by atoms with van der Waals surface area (Å²) < 4.78 is 0. The molecule has 3 N–H and O–H groups in total. The quantitative estimate of drug-likeness (QED) is 0.362. The Morgan fingerprint density at radius 1 is 1.50 bits per heavy atom. The van der Waals surface area contributed by atoms with Crippen LogP contribution in [0, 0.1) is 0 Å². The van der Waals surface area contributed by atoms with Crippen molar-refractivity contribution < 1.29 is 4.79 Å². The van der Waals surface area contributed by atoms with Crippen LogP contribution in [0.4, 0.5) is 5.69 Å². The Labute approximate surface area is 107 Å². The van der Waals surface area contributed by atoms with Crippen molar-refractivity contribution in [3.05, 3.63) is 29.8 Å². The summed E-state index contributed by atoms with van der Waals surface area (Å²) >= 11 is 0. The average Bonchev–Trinajstić information content (AvgIpc) is 2.43. The number of rotatable bonds is 5. The predicted octanol–water partition coefficient (Wildman–Crippen LogP) is 2.02. The summed E-state index contributed by atoms with van der Waals surface area (Å²) in [6.07, 6.45) is 0.973. The topological polar surface area (TPSA) is 83.1 Å². The molecule has 0 bridgehead atoms. The van der Waals surface area contributed by atoms with E-state index in [0.29, 0.717) is 17.3 Å². The molecule has 6 nitrogen and oxygen atoms in total. The van der Waals surface area contributed by atoms with E-state index >= 15 is 0 Å². The number of nitrogens with two attached hydrogens (primary N) is 1. The van der Waals surface area contributed by atoms with Crippen molar-refractivity contribution in [3.63, 3.8) is 0 Å². The minimum Gasteiger partial charge on any atom is -0.290 e. The van der Waals surface area contributed by atoms with Gasteiger partial charge in [0.25, 0.3) is 5.91 Å². The van der Waals surface area contributed by atoms with Gasteiger partial charge in [0.05, 0.1) is 5.56 Å². The molecule has 0 saturated carbocycles. The number of carbonyl (C=O) groups excluding carboxylic acids is 1. The van der Waals surface area contributed by atoms with Crippen LogP contribution in [0.2, 0.25) is 0 Å². The van der Waals surface area contributed by atoms with Crippen LogP contribution in [-0.2, 0) is 0 Å². The lowest BCUT2D eigenvalue weighted by Gasteiger charge is -2.18. The van der Waals surface area contributed by atoms with Crippen LogP contribution >= 0.6 is 0 Å². The van der Waals surface area contributed by atoms with Gasteiger partial charge in [0.15, 0.2) is 0 Å². The third kappa shape index (κ3) is 3.53. The molecule has 6 heteroatoms. The Morgan fingerprint density at radius 2 is 2.17 bits per heavy atom. The van der Waals surface area contributed by atoms with Gasteiger partial charge in [0.2, 0.25) is 0 Å². The van der Waals surface area contributed by atoms with Crippen LogP contribution < -0.4 is 11.3 Å². The molecular weight excluding hydrogens is 230 g/mol. The Bertz CT molecular complexity index is 432. The fourth-order valence-corrected chi connectivity index (χ4v) is 1.30. The molecule has 1 unspecified atom stereocenters. The first-order valence-corrected chi connectivity index (χ1v) is 5.84. The Morgan fingerprint density at radius 3 is 2.78 bits per heavy atom. The van der Waals surface area contributed by atoms with Gasteiger partial charge in [-0.3, -0.25) is 15.2 Å². The summed E-state index contributed by atoms with van der Waals surface area (Å²) in [5, 5.41) is 9.92. The van der Waals surface area contributed by atoms with Crippen molar-refractivity contribution in [1.82, 2.24) is 10.4 Å². The zero-order valence-electron chi connectivity index (χ0n) is 10.9. The van der Waals surface area contributed by atoms with Gasteiger partial charge in [-0.1, -0.05) is 24.3 Å². The monoisotopic (exact) mass is 249 g/mol.